The molecule has 0 radical (unpaired) electrons. The first-order chi connectivity index (χ1) is 10.8. The Morgan fingerprint density at radius 3 is 2.35 bits per heavy atom. The van der Waals surface area contributed by atoms with E-state index < -0.39 is 17.1 Å². The smallest absolute Gasteiger partial charge is 0.405 e. The van der Waals surface area contributed by atoms with E-state index in [4.69, 9.17) is 15.2 Å². The fraction of sp³-hybridized carbons (Fsp3) is 0.611. The van der Waals surface area contributed by atoms with Crippen LogP contribution in [0.1, 0.15) is 39.2 Å². The molecule has 5 heteroatoms. The number of nitrogens with two attached hydrogens (primary N) is 1. The molecular formula is C18H27NO4. The number of primary amides is 1. The molecule has 0 bridgehead atoms. The molecule has 1 aromatic rings. The molecule has 2 unspecified atom stereocenters. The number of amides is 1. The van der Waals surface area contributed by atoms with Gasteiger partial charge in [-0.2, -0.15) is 0 Å². The van der Waals surface area contributed by atoms with Gasteiger partial charge in [0.2, 0.25) is 0 Å². The number of hydrogen-bond acceptors (Lipinski definition) is 4. The van der Waals surface area contributed by atoms with Crippen molar-refractivity contribution in [3.05, 3.63) is 35.9 Å². The fourth-order valence-corrected chi connectivity index (χ4v) is 3.71. The topological polar surface area (TPSA) is 81.8 Å². The first-order valence-electron chi connectivity index (χ1n) is 7.97. The minimum absolute atomic E-state index is 0.208. The molecule has 23 heavy (non-hydrogen) atoms. The van der Waals surface area contributed by atoms with Gasteiger partial charge >= 0.3 is 6.09 Å². The number of ether oxygens (including phenoxy) is 2. The molecule has 1 saturated carbocycles. The largest absolute Gasteiger partial charge is 0.440 e. The molecule has 1 fully saturated rings. The van der Waals surface area contributed by atoms with Crippen molar-refractivity contribution in [3.63, 3.8) is 0 Å². The summed E-state index contributed by atoms with van der Waals surface area (Å²) in [5.74, 6) is 0. The number of carbonyl (C=O) groups excluding carboxylic acids is 1. The molecule has 3 N–H and O–H groups in total. The number of hydrogen-bond donors (Lipinski definition) is 2. The molecular weight excluding hydrogens is 294 g/mol. The molecule has 0 saturated heterocycles. The average Bonchev–Trinajstić information content (AvgIpc) is 2.47. The molecule has 0 aromatic heterocycles. The Kier molecular flexibility index (Phi) is 5.01. The van der Waals surface area contributed by atoms with Gasteiger partial charge in [-0.3, -0.25) is 0 Å². The predicted octanol–water partition coefficient (Wildman–Crippen LogP) is 2.86. The van der Waals surface area contributed by atoms with Gasteiger partial charge in [-0.1, -0.05) is 51.1 Å². The lowest BCUT2D eigenvalue weighted by Gasteiger charge is -2.62. The number of aliphatic hydroxyl groups is 1. The summed E-state index contributed by atoms with van der Waals surface area (Å²) < 4.78 is 11.3. The van der Waals surface area contributed by atoms with Crippen LogP contribution in [0.4, 0.5) is 4.79 Å². The highest BCUT2D eigenvalue weighted by Gasteiger charge is 2.66. The summed E-state index contributed by atoms with van der Waals surface area (Å²) >= 11 is 0. The highest BCUT2D eigenvalue weighted by Crippen LogP contribution is 2.61. The van der Waals surface area contributed by atoms with Gasteiger partial charge in [0.05, 0.1) is 19.8 Å². The third-order valence-corrected chi connectivity index (χ3v) is 5.27. The van der Waals surface area contributed by atoms with Gasteiger partial charge in [0.1, 0.15) is 5.60 Å². The van der Waals surface area contributed by atoms with Crippen LogP contribution in [-0.2, 0) is 16.1 Å². The van der Waals surface area contributed by atoms with Gasteiger partial charge in [-0.05, 0) is 23.8 Å². The van der Waals surface area contributed by atoms with Gasteiger partial charge in [0, 0.05) is 5.41 Å². The lowest BCUT2D eigenvalue weighted by Crippen LogP contribution is -2.69. The second kappa shape index (κ2) is 6.49. The fourth-order valence-electron chi connectivity index (χ4n) is 3.71. The Labute approximate surface area is 137 Å². The van der Waals surface area contributed by atoms with E-state index in [1.807, 2.05) is 30.3 Å². The Hall–Kier alpha value is -1.59. The zero-order chi connectivity index (χ0) is 17.1. The van der Waals surface area contributed by atoms with E-state index in [9.17, 15) is 9.90 Å². The number of carbonyl (C=O) groups is 1. The molecule has 0 spiro atoms. The van der Waals surface area contributed by atoms with Crippen LogP contribution in [0.25, 0.3) is 0 Å². The summed E-state index contributed by atoms with van der Waals surface area (Å²) in [7, 11) is 0. The first kappa shape index (κ1) is 17.8. The van der Waals surface area contributed by atoms with Crippen molar-refractivity contribution in [3.8, 4) is 0 Å². The van der Waals surface area contributed by atoms with Crippen LogP contribution in [0.2, 0.25) is 0 Å². The van der Waals surface area contributed by atoms with E-state index in [1.54, 1.807) is 0 Å². The Morgan fingerprint density at radius 1 is 1.26 bits per heavy atom. The summed E-state index contributed by atoms with van der Waals surface area (Å²) in [4.78, 5) is 11.3. The lowest BCUT2D eigenvalue weighted by atomic mass is 9.47. The molecule has 1 amide bonds. The summed E-state index contributed by atoms with van der Waals surface area (Å²) in [5.41, 5.74) is 4.69. The van der Waals surface area contributed by atoms with E-state index in [1.165, 1.54) is 0 Å². The molecule has 2 rings (SSSR count). The van der Waals surface area contributed by atoms with Gasteiger partial charge in [-0.15, -0.1) is 0 Å². The van der Waals surface area contributed by atoms with Crippen molar-refractivity contribution >= 4 is 6.09 Å². The standard InChI is InChI=1S/C18H27NO4/c1-16(2,3)17(9-10-18(17,12-20)23-15(19)21)13-22-11-14-7-5-4-6-8-14/h4-8,20H,9-13H2,1-3H3,(H2,19,21). The SMILES string of the molecule is CC(C)(C)C1(COCc2ccccc2)CCC1(CO)OC(N)=O. The van der Waals surface area contributed by atoms with Crippen LogP contribution in [0, 0.1) is 10.8 Å². The molecule has 0 aliphatic heterocycles. The predicted molar refractivity (Wildman–Crippen MR) is 87.7 cm³/mol. The maximum atomic E-state index is 11.3. The monoisotopic (exact) mass is 321 g/mol. The zero-order valence-corrected chi connectivity index (χ0v) is 14.2. The maximum absolute atomic E-state index is 11.3. The summed E-state index contributed by atoms with van der Waals surface area (Å²) in [6.45, 7) is 6.87. The van der Waals surface area contributed by atoms with Crippen LogP contribution >= 0.6 is 0 Å². The van der Waals surface area contributed by atoms with Crippen molar-refractivity contribution in [2.24, 2.45) is 16.6 Å². The van der Waals surface area contributed by atoms with Gasteiger partial charge in [0.25, 0.3) is 0 Å². The minimum atomic E-state index is -0.965. The van der Waals surface area contributed by atoms with E-state index >= 15 is 0 Å². The Balaban J connectivity index is 2.15. The van der Waals surface area contributed by atoms with E-state index in [2.05, 4.69) is 20.8 Å². The molecule has 0 heterocycles. The van der Waals surface area contributed by atoms with E-state index in [-0.39, 0.29) is 12.0 Å². The second-order valence-electron chi connectivity index (χ2n) is 7.38. The summed E-state index contributed by atoms with van der Waals surface area (Å²) in [6.07, 6.45) is 0.563. The summed E-state index contributed by atoms with van der Waals surface area (Å²) in [5, 5.41) is 9.91. The van der Waals surface area contributed by atoms with Crippen molar-refractivity contribution in [2.45, 2.75) is 45.8 Å². The van der Waals surface area contributed by atoms with Gasteiger partial charge in [-0.25, -0.2) is 4.79 Å². The van der Waals surface area contributed by atoms with Crippen LogP contribution in [0.15, 0.2) is 30.3 Å². The Morgan fingerprint density at radius 2 is 1.91 bits per heavy atom. The third kappa shape index (κ3) is 3.21. The second-order valence-corrected chi connectivity index (χ2v) is 7.38. The Bertz CT molecular complexity index is 536. The molecule has 5 nitrogen and oxygen atoms in total. The van der Waals surface area contributed by atoms with Crippen molar-refractivity contribution in [1.82, 2.24) is 0 Å². The first-order valence-corrected chi connectivity index (χ1v) is 7.97. The minimum Gasteiger partial charge on any atom is -0.440 e. The molecule has 1 aromatic carbocycles. The summed E-state index contributed by atoms with van der Waals surface area (Å²) in [6, 6.07) is 9.91. The van der Waals surface area contributed by atoms with Gasteiger partial charge < -0.3 is 20.3 Å². The number of benzene rings is 1. The van der Waals surface area contributed by atoms with Crippen LogP contribution in [0.3, 0.4) is 0 Å². The highest BCUT2D eigenvalue weighted by atomic mass is 16.6. The number of aliphatic hydroxyl groups excluding tert-OH is 1. The van der Waals surface area contributed by atoms with E-state index in [0.29, 0.717) is 19.6 Å². The van der Waals surface area contributed by atoms with Crippen molar-refractivity contribution in [1.29, 1.82) is 0 Å². The van der Waals surface area contributed by atoms with Crippen LogP contribution < -0.4 is 5.73 Å². The number of rotatable bonds is 6. The average molecular weight is 321 g/mol. The molecule has 128 valence electrons. The molecule has 2 atom stereocenters. The normalized spacial score (nSPS) is 27.3. The third-order valence-electron chi connectivity index (χ3n) is 5.27. The van der Waals surface area contributed by atoms with Crippen molar-refractivity contribution in [2.75, 3.05) is 13.2 Å². The van der Waals surface area contributed by atoms with Crippen molar-refractivity contribution < 1.29 is 19.4 Å². The van der Waals surface area contributed by atoms with E-state index in [0.717, 1.165) is 12.0 Å². The zero-order valence-electron chi connectivity index (χ0n) is 14.2. The molecule has 1 aliphatic carbocycles. The highest BCUT2D eigenvalue weighted by molar-refractivity contribution is 5.65. The van der Waals surface area contributed by atoms with Crippen LogP contribution in [0.5, 0.6) is 0 Å². The quantitative estimate of drug-likeness (QED) is 0.844. The molecule has 1 aliphatic rings. The van der Waals surface area contributed by atoms with Gasteiger partial charge in [0.15, 0.2) is 0 Å². The van der Waals surface area contributed by atoms with Crippen LogP contribution in [-0.4, -0.2) is 30.0 Å². The maximum Gasteiger partial charge on any atom is 0.405 e. The lowest BCUT2D eigenvalue weighted by molar-refractivity contribution is -0.253.